The van der Waals surface area contributed by atoms with E-state index in [9.17, 15) is 0 Å². The van der Waals surface area contributed by atoms with Crippen molar-refractivity contribution in [3.05, 3.63) is 63.4 Å². The van der Waals surface area contributed by atoms with E-state index in [4.69, 9.17) is 23.2 Å². The van der Waals surface area contributed by atoms with Gasteiger partial charge in [-0.25, -0.2) is 0 Å². The van der Waals surface area contributed by atoms with Crippen LogP contribution in [0, 0.1) is 6.92 Å². The van der Waals surface area contributed by atoms with Crippen molar-refractivity contribution in [3.63, 3.8) is 0 Å². The van der Waals surface area contributed by atoms with Crippen LogP contribution in [0.15, 0.2) is 36.7 Å². The van der Waals surface area contributed by atoms with Gasteiger partial charge in [-0.05, 0) is 61.2 Å². The summed E-state index contributed by atoms with van der Waals surface area (Å²) in [6, 6.07) is 8.10. The molecule has 0 aliphatic carbocycles. The molecule has 4 heteroatoms. The van der Waals surface area contributed by atoms with Crippen molar-refractivity contribution in [2.45, 2.75) is 32.7 Å². The van der Waals surface area contributed by atoms with Gasteiger partial charge in [0.15, 0.2) is 0 Å². The molecule has 0 amide bonds. The van der Waals surface area contributed by atoms with Crippen molar-refractivity contribution in [1.29, 1.82) is 0 Å². The van der Waals surface area contributed by atoms with E-state index in [-0.39, 0.29) is 6.04 Å². The van der Waals surface area contributed by atoms with E-state index >= 15 is 0 Å². The third-order valence-electron chi connectivity index (χ3n) is 3.52. The van der Waals surface area contributed by atoms with Gasteiger partial charge in [-0.3, -0.25) is 4.98 Å². The number of benzene rings is 1. The van der Waals surface area contributed by atoms with Gasteiger partial charge in [0, 0.05) is 18.4 Å². The Morgan fingerprint density at radius 1 is 1.19 bits per heavy atom. The van der Waals surface area contributed by atoms with Crippen LogP contribution >= 0.6 is 23.2 Å². The van der Waals surface area contributed by atoms with Crippen molar-refractivity contribution >= 4 is 23.2 Å². The second kappa shape index (κ2) is 7.79. The summed E-state index contributed by atoms with van der Waals surface area (Å²) in [6.07, 6.45) is 5.73. The molecule has 0 aliphatic heterocycles. The molecule has 0 bridgehead atoms. The molecule has 1 atom stereocenters. The number of aromatic nitrogens is 1. The van der Waals surface area contributed by atoms with Crippen molar-refractivity contribution < 1.29 is 0 Å². The fourth-order valence-corrected chi connectivity index (χ4v) is 2.67. The molecular weight excluding hydrogens is 303 g/mol. The molecule has 2 nitrogen and oxygen atoms in total. The fourth-order valence-electron chi connectivity index (χ4n) is 2.35. The summed E-state index contributed by atoms with van der Waals surface area (Å²) < 4.78 is 0. The predicted octanol–water partition coefficient (Wildman–Crippen LogP) is 4.98. The van der Waals surface area contributed by atoms with E-state index in [0.717, 1.165) is 19.4 Å². The molecule has 0 radical (unpaired) electrons. The fraction of sp³-hybridized carbons (Fsp3) is 0.353. The van der Waals surface area contributed by atoms with E-state index in [0.29, 0.717) is 10.0 Å². The van der Waals surface area contributed by atoms with E-state index in [1.54, 1.807) is 0 Å². The van der Waals surface area contributed by atoms with Gasteiger partial charge in [-0.2, -0.15) is 0 Å². The normalized spacial score (nSPS) is 12.4. The van der Waals surface area contributed by atoms with Gasteiger partial charge in [-0.15, -0.1) is 0 Å². The van der Waals surface area contributed by atoms with E-state index in [2.05, 4.69) is 24.1 Å². The quantitative estimate of drug-likeness (QED) is 0.811. The Balaban J connectivity index is 2.24. The lowest BCUT2D eigenvalue weighted by Crippen LogP contribution is -2.25. The highest BCUT2D eigenvalue weighted by Crippen LogP contribution is 2.26. The number of halogens is 2. The maximum atomic E-state index is 6.11. The Labute approximate surface area is 136 Å². The first-order valence-corrected chi connectivity index (χ1v) is 7.95. The number of nitrogens with zero attached hydrogens (tertiary/aromatic N) is 1. The molecular formula is C17H20Cl2N2. The maximum absolute atomic E-state index is 6.11. The molecule has 21 heavy (non-hydrogen) atoms. The average molecular weight is 323 g/mol. The number of hydrogen-bond acceptors (Lipinski definition) is 2. The third kappa shape index (κ3) is 4.44. The molecule has 0 fully saturated rings. The van der Waals surface area contributed by atoms with Crippen LogP contribution in [0.25, 0.3) is 0 Å². The molecule has 0 saturated heterocycles. The zero-order valence-corrected chi connectivity index (χ0v) is 13.9. The lowest BCUT2D eigenvalue weighted by Gasteiger charge is -2.21. The van der Waals surface area contributed by atoms with Crippen molar-refractivity contribution in [2.75, 3.05) is 6.54 Å². The Morgan fingerprint density at radius 3 is 2.67 bits per heavy atom. The molecule has 1 aromatic carbocycles. The second-order valence-electron chi connectivity index (χ2n) is 5.19. The monoisotopic (exact) mass is 322 g/mol. The highest BCUT2D eigenvalue weighted by molar-refractivity contribution is 6.42. The number of pyridine rings is 1. The Bertz CT molecular complexity index is 599. The van der Waals surface area contributed by atoms with Gasteiger partial charge < -0.3 is 5.32 Å². The minimum atomic E-state index is 0.232. The topological polar surface area (TPSA) is 24.9 Å². The molecule has 0 spiro atoms. The maximum Gasteiger partial charge on any atom is 0.0595 e. The highest BCUT2D eigenvalue weighted by atomic mass is 35.5. The molecule has 1 N–H and O–H groups in total. The predicted molar refractivity (Wildman–Crippen MR) is 90.2 cm³/mol. The minimum absolute atomic E-state index is 0.232. The Kier molecular flexibility index (Phi) is 6.04. The van der Waals surface area contributed by atoms with Crippen LogP contribution in [0.5, 0.6) is 0 Å². The number of aryl methyl sites for hydroxylation is 1. The molecule has 1 heterocycles. The molecule has 0 aliphatic rings. The summed E-state index contributed by atoms with van der Waals surface area (Å²) in [5.41, 5.74) is 3.65. The molecule has 1 aromatic heterocycles. The van der Waals surface area contributed by atoms with Gasteiger partial charge in [0.1, 0.15) is 0 Å². The summed E-state index contributed by atoms with van der Waals surface area (Å²) in [5, 5.41) is 4.79. The molecule has 1 unspecified atom stereocenters. The largest absolute Gasteiger partial charge is 0.310 e. The third-order valence-corrected chi connectivity index (χ3v) is 4.26. The van der Waals surface area contributed by atoms with E-state index < -0.39 is 0 Å². The smallest absolute Gasteiger partial charge is 0.0595 e. The molecule has 2 aromatic rings. The van der Waals surface area contributed by atoms with E-state index in [1.165, 1.54) is 16.7 Å². The molecule has 0 saturated carbocycles. The summed E-state index contributed by atoms with van der Waals surface area (Å²) in [4.78, 5) is 4.26. The van der Waals surface area contributed by atoms with Gasteiger partial charge in [0.25, 0.3) is 0 Å². The SMILES string of the molecule is CCCNC(Cc1ccc(Cl)c(Cl)c1)c1cnccc1C. The lowest BCUT2D eigenvalue weighted by molar-refractivity contribution is 0.526. The van der Waals surface area contributed by atoms with Gasteiger partial charge in [0.05, 0.1) is 10.0 Å². The van der Waals surface area contributed by atoms with E-state index in [1.807, 2.05) is 36.7 Å². The van der Waals surface area contributed by atoms with Crippen LogP contribution < -0.4 is 5.32 Å². The average Bonchev–Trinajstić information content (AvgIpc) is 2.48. The summed E-state index contributed by atoms with van der Waals surface area (Å²) >= 11 is 12.1. The summed E-state index contributed by atoms with van der Waals surface area (Å²) in [6.45, 7) is 5.26. The minimum Gasteiger partial charge on any atom is -0.310 e. The number of hydrogen-bond donors (Lipinski definition) is 1. The number of rotatable bonds is 6. The zero-order valence-electron chi connectivity index (χ0n) is 12.4. The van der Waals surface area contributed by atoms with Crippen molar-refractivity contribution in [1.82, 2.24) is 10.3 Å². The standard InChI is InChI=1S/C17H20Cl2N2/c1-3-7-21-17(14-11-20-8-6-12(14)2)10-13-4-5-15(18)16(19)9-13/h4-6,8-9,11,17,21H,3,7,10H2,1-2H3. The van der Waals surface area contributed by atoms with Crippen LogP contribution in [0.4, 0.5) is 0 Å². The number of nitrogens with one attached hydrogen (secondary N) is 1. The lowest BCUT2D eigenvalue weighted by atomic mass is 9.97. The Hall–Kier alpha value is -1.09. The van der Waals surface area contributed by atoms with Crippen LogP contribution in [-0.4, -0.2) is 11.5 Å². The summed E-state index contributed by atoms with van der Waals surface area (Å²) in [5.74, 6) is 0. The van der Waals surface area contributed by atoms with Crippen LogP contribution in [0.2, 0.25) is 10.0 Å². The van der Waals surface area contributed by atoms with Gasteiger partial charge in [-0.1, -0.05) is 36.2 Å². The first-order chi connectivity index (χ1) is 10.1. The summed E-state index contributed by atoms with van der Waals surface area (Å²) in [7, 11) is 0. The molecule has 2 rings (SSSR count). The first-order valence-electron chi connectivity index (χ1n) is 7.19. The van der Waals surface area contributed by atoms with Crippen molar-refractivity contribution in [3.8, 4) is 0 Å². The second-order valence-corrected chi connectivity index (χ2v) is 6.01. The van der Waals surface area contributed by atoms with Crippen molar-refractivity contribution in [2.24, 2.45) is 0 Å². The highest BCUT2D eigenvalue weighted by Gasteiger charge is 2.14. The molecule has 112 valence electrons. The first kappa shape index (κ1) is 16.3. The van der Waals surface area contributed by atoms with Gasteiger partial charge in [0.2, 0.25) is 0 Å². The van der Waals surface area contributed by atoms with Crippen LogP contribution in [0.3, 0.4) is 0 Å². The van der Waals surface area contributed by atoms with Crippen LogP contribution in [0.1, 0.15) is 36.1 Å². The Morgan fingerprint density at radius 2 is 2.00 bits per heavy atom. The van der Waals surface area contributed by atoms with Gasteiger partial charge >= 0.3 is 0 Å². The van der Waals surface area contributed by atoms with Crippen LogP contribution in [-0.2, 0) is 6.42 Å². The zero-order chi connectivity index (χ0) is 15.2.